The third kappa shape index (κ3) is 8.86. The molecule has 0 fully saturated rings. The number of anilines is 6. The molecule has 2 aliphatic heterocycles. The molecule has 0 bridgehead atoms. The van der Waals surface area contributed by atoms with E-state index in [-0.39, 0.29) is 35.0 Å². The Bertz CT molecular complexity index is 6790. The molecule has 0 atom stereocenters. The molecule has 101 heavy (non-hydrogen) atoms. The van der Waals surface area contributed by atoms with E-state index in [0.29, 0.717) is 33.1 Å². The van der Waals surface area contributed by atoms with E-state index in [1.807, 2.05) is 34.9 Å². The number of nitriles is 1. The second kappa shape index (κ2) is 21.7. The van der Waals surface area contributed by atoms with E-state index >= 15 is 0 Å². The van der Waals surface area contributed by atoms with Gasteiger partial charge < -0.3 is 27.8 Å². The molecule has 7 nitrogen and oxygen atoms in total. The minimum Gasteiger partial charge on any atom is -0.456 e. The topological polar surface area (TPSA) is 66.4 Å². The van der Waals surface area contributed by atoms with Gasteiger partial charge in [0.15, 0.2) is 0 Å². The Morgan fingerprint density at radius 2 is 0.851 bits per heavy atom. The van der Waals surface area contributed by atoms with Crippen molar-refractivity contribution >= 4 is 145 Å². The summed E-state index contributed by atoms with van der Waals surface area (Å²) in [7, 11) is 0. The van der Waals surface area contributed by atoms with Crippen LogP contribution in [0.5, 0.6) is 0 Å². The van der Waals surface area contributed by atoms with Crippen LogP contribution in [0.1, 0.15) is 63.7 Å². The summed E-state index contributed by atoms with van der Waals surface area (Å²) in [4.78, 5) is 5.04. The monoisotopic (exact) mass is 1300 g/mol. The number of furan rings is 2. The standard InChI is InChI=1S/C93H66BN5O2/c1-92(2,3)61-35-42-78(69(51-61)57-21-9-7-10-22-57)98-81-53-63(96-75-29-17-13-25-65(75)66-26-14-18-30-76(66)96)37-39-73(81)94-74-40-38-64(97-77-31-19-15-27-67(77)71-47-56(55-95)33-41-80(71)97)54-82(74)99(79-43-36-62(93(4,5)6)52-70(79)58-23-11-8-12-24-58)84-50-60(49-83(98)91(84)94)59-34-44-86-72(48-59)90-88(101-86)46-45-87-89(90)68-28-16-20-32-85(68)100-87/h7-54H,1-6H3/i15D,19D,27D,31D. The second-order valence-electron chi connectivity index (χ2n) is 29.2. The molecule has 8 heteroatoms. The van der Waals surface area contributed by atoms with E-state index in [2.05, 4.69) is 286 Å². The maximum Gasteiger partial charge on any atom is 0.252 e. The van der Waals surface area contributed by atoms with Gasteiger partial charge >= 0.3 is 0 Å². The summed E-state index contributed by atoms with van der Waals surface area (Å²) in [5.74, 6) is 0. The maximum absolute atomic E-state index is 10.4. The number of hydrogen-bond acceptors (Lipinski definition) is 5. The fourth-order valence-electron chi connectivity index (χ4n) is 16.5. The summed E-state index contributed by atoms with van der Waals surface area (Å²) in [6.07, 6.45) is 0. The molecule has 2 aliphatic rings. The van der Waals surface area contributed by atoms with Crippen LogP contribution in [-0.2, 0) is 10.8 Å². The van der Waals surface area contributed by atoms with Crippen molar-refractivity contribution in [3.8, 4) is 50.8 Å². The fraction of sp³-hybridized carbons (Fsp3) is 0.0860. The lowest BCUT2D eigenvalue weighted by molar-refractivity contribution is 0.590. The second-order valence-corrected chi connectivity index (χ2v) is 29.2. The first-order valence-electron chi connectivity index (χ1n) is 36.6. The fourth-order valence-corrected chi connectivity index (χ4v) is 16.5. The van der Waals surface area contributed by atoms with Crippen molar-refractivity contribution < 1.29 is 14.3 Å². The van der Waals surface area contributed by atoms with Gasteiger partial charge in [0, 0.05) is 88.3 Å². The van der Waals surface area contributed by atoms with Crippen molar-refractivity contribution in [3.63, 3.8) is 0 Å². The van der Waals surface area contributed by atoms with E-state index in [1.54, 1.807) is 12.1 Å². The van der Waals surface area contributed by atoms with Gasteiger partial charge in [0.1, 0.15) is 22.3 Å². The SMILES string of the molecule is [2H]c1c([2H])c([2H])c2c(c1[2H])c1cc(C#N)ccc1n2-c1ccc2c(c1)N(c1ccc(C(C)(C)C)cc1-c1ccccc1)c1cc(-c3ccc4oc5ccc6oc7ccccc7c6c5c4c3)cc3c1B2c1ccc(-n2c4ccccc4c4ccccc42)cc1N3c1ccc(C(C)(C)C)cc1-c1ccccc1. The molecule has 4 aromatic heterocycles. The largest absolute Gasteiger partial charge is 0.456 e. The molecule has 0 saturated carbocycles. The maximum atomic E-state index is 10.4. The molecule has 0 amide bonds. The van der Waals surface area contributed by atoms with Gasteiger partial charge in [-0.3, -0.25) is 0 Å². The number of fused-ring (bicyclic) bond motifs is 17. The van der Waals surface area contributed by atoms with Crippen LogP contribution in [0.25, 0.3) is 132 Å². The molecular formula is C93H66BN5O2. The molecule has 20 rings (SSSR count). The summed E-state index contributed by atoms with van der Waals surface area (Å²) in [6.45, 7) is 13.3. The van der Waals surface area contributed by atoms with Gasteiger partial charge in [-0.25, -0.2) is 0 Å². The van der Waals surface area contributed by atoms with E-state index in [9.17, 15) is 9.37 Å². The van der Waals surface area contributed by atoms with Gasteiger partial charge in [-0.1, -0.05) is 205 Å². The van der Waals surface area contributed by atoms with Crippen LogP contribution in [0, 0.1) is 11.3 Å². The van der Waals surface area contributed by atoms with Crippen molar-refractivity contribution in [2.24, 2.45) is 0 Å². The molecule has 0 radical (unpaired) electrons. The van der Waals surface area contributed by atoms with Crippen LogP contribution in [0.3, 0.4) is 0 Å². The van der Waals surface area contributed by atoms with Crippen molar-refractivity contribution in [2.75, 3.05) is 9.80 Å². The van der Waals surface area contributed by atoms with Crippen molar-refractivity contribution in [3.05, 3.63) is 308 Å². The third-order valence-electron chi connectivity index (χ3n) is 21.3. The summed E-state index contributed by atoms with van der Waals surface area (Å²) in [5, 5.41) is 17.6. The molecule has 0 N–H and O–H groups in total. The zero-order valence-electron chi connectivity index (χ0n) is 60.5. The van der Waals surface area contributed by atoms with Crippen LogP contribution < -0.4 is 26.2 Å². The summed E-state index contributed by atoms with van der Waals surface area (Å²) in [6, 6.07) is 97.1. The molecule has 0 saturated heterocycles. The molecule has 0 aliphatic carbocycles. The van der Waals surface area contributed by atoms with Crippen LogP contribution in [0.4, 0.5) is 34.1 Å². The third-order valence-corrected chi connectivity index (χ3v) is 21.3. The zero-order valence-corrected chi connectivity index (χ0v) is 56.5. The molecular weight excluding hydrogens is 1230 g/mol. The Morgan fingerprint density at radius 1 is 0.356 bits per heavy atom. The van der Waals surface area contributed by atoms with Crippen LogP contribution in [0.15, 0.2) is 300 Å². The zero-order chi connectivity index (χ0) is 71.2. The van der Waals surface area contributed by atoms with E-state index in [0.717, 1.165) is 144 Å². The van der Waals surface area contributed by atoms with E-state index in [1.165, 1.54) is 21.9 Å². The van der Waals surface area contributed by atoms with Crippen molar-refractivity contribution in [1.82, 2.24) is 9.13 Å². The predicted molar refractivity (Wildman–Crippen MR) is 422 cm³/mol. The predicted octanol–water partition coefficient (Wildman–Crippen LogP) is 23.2. The first-order chi connectivity index (χ1) is 51.0. The first-order valence-corrected chi connectivity index (χ1v) is 34.6. The highest BCUT2D eigenvalue weighted by Gasteiger charge is 2.45. The molecule has 478 valence electrons. The normalized spacial score (nSPS) is 13.5. The van der Waals surface area contributed by atoms with Crippen LogP contribution >= 0.6 is 0 Å². The van der Waals surface area contributed by atoms with Gasteiger partial charge in [-0.15, -0.1) is 0 Å². The molecule has 18 aromatic rings. The quantitative estimate of drug-likeness (QED) is 0.149. The highest BCUT2D eigenvalue weighted by Crippen LogP contribution is 2.53. The Morgan fingerprint density at radius 3 is 1.43 bits per heavy atom. The van der Waals surface area contributed by atoms with Crippen molar-refractivity contribution in [2.45, 2.75) is 52.4 Å². The Labute approximate surface area is 590 Å². The van der Waals surface area contributed by atoms with Crippen LogP contribution in [0.2, 0.25) is 0 Å². The number of rotatable bonds is 7. The number of nitrogens with zero attached hydrogens (tertiary/aromatic N) is 5. The molecule has 14 aromatic carbocycles. The molecule has 0 unspecified atom stereocenters. The Kier molecular flexibility index (Phi) is 11.7. The highest BCUT2D eigenvalue weighted by atomic mass is 16.3. The van der Waals surface area contributed by atoms with Gasteiger partial charge in [-0.05, 0) is 188 Å². The molecule has 0 spiro atoms. The van der Waals surface area contributed by atoms with Gasteiger partial charge in [0.25, 0.3) is 6.71 Å². The van der Waals surface area contributed by atoms with Crippen LogP contribution in [-0.4, -0.2) is 15.8 Å². The Balaban J connectivity index is 0.956. The lowest BCUT2D eigenvalue weighted by Gasteiger charge is -2.45. The van der Waals surface area contributed by atoms with Gasteiger partial charge in [-0.2, -0.15) is 5.26 Å². The number of benzene rings is 14. The number of hydrogen-bond donors (Lipinski definition) is 0. The summed E-state index contributed by atoms with van der Waals surface area (Å²) >= 11 is 0. The van der Waals surface area contributed by atoms with E-state index in [4.69, 9.17) is 10.2 Å². The summed E-state index contributed by atoms with van der Waals surface area (Å²) < 4.78 is 55.4. The first kappa shape index (κ1) is 54.4. The average molecular weight is 1300 g/mol. The lowest BCUT2D eigenvalue weighted by atomic mass is 9.33. The highest BCUT2D eigenvalue weighted by molar-refractivity contribution is 7.00. The van der Waals surface area contributed by atoms with Gasteiger partial charge in [0.05, 0.1) is 50.6 Å². The van der Waals surface area contributed by atoms with Gasteiger partial charge in [0.2, 0.25) is 0 Å². The minimum atomic E-state index is -0.401. The minimum absolute atomic E-state index is 0.166. The smallest absolute Gasteiger partial charge is 0.252 e. The number of para-hydroxylation sites is 4. The average Bonchev–Trinajstić information content (AvgIpc) is 1.58. The van der Waals surface area contributed by atoms with E-state index < -0.39 is 6.71 Å². The number of aromatic nitrogens is 2. The Hall–Kier alpha value is -12.6. The summed E-state index contributed by atoms with van der Waals surface area (Å²) in [5.41, 5.74) is 25.6. The molecule has 6 heterocycles. The lowest BCUT2D eigenvalue weighted by Crippen LogP contribution is -2.61. The van der Waals surface area contributed by atoms with Crippen molar-refractivity contribution in [1.29, 1.82) is 5.26 Å².